The van der Waals surface area contributed by atoms with Gasteiger partial charge in [0.2, 0.25) is 0 Å². The van der Waals surface area contributed by atoms with Crippen molar-refractivity contribution < 1.29 is 9.59 Å². The first kappa shape index (κ1) is 16.8. The van der Waals surface area contributed by atoms with Crippen molar-refractivity contribution in [2.75, 3.05) is 18.0 Å². The van der Waals surface area contributed by atoms with Gasteiger partial charge in [-0.3, -0.25) is 14.5 Å². The van der Waals surface area contributed by atoms with Gasteiger partial charge in [-0.15, -0.1) is 6.58 Å². The van der Waals surface area contributed by atoms with Crippen LogP contribution in [-0.2, 0) is 4.79 Å². The maximum Gasteiger partial charge on any atom is 0.294 e. The van der Waals surface area contributed by atoms with E-state index < -0.39 is 0 Å². The van der Waals surface area contributed by atoms with Crippen LogP contribution in [0.1, 0.15) is 31.7 Å². The van der Waals surface area contributed by atoms with E-state index in [1.807, 2.05) is 12.1 Å². The van der Waals surface area contributed by atoms with Crippen LogP contribution in [0.2, 0.25) is 0 Å². The fourth-order valence-corrected chi connectivity index (χ4v) is 3.94. The average Bonchev–Trinajstić information content (AvgIpc) is 2.89. The molecule has 4 nitrogen and oxygen atoms in total. The molecule has 0 radical (unpaired) electrons. The van der Waals surface area contributed by atoms with Gasteiger partial charge in [0.05, 0.1) is 10.9 Å². The molecule has 0 N–H and O–H groups in total. The molecule has 2 fully saturated rings. The van der Waals surface area contributed by atoms with Crippen LogP contribution in [0.3, 0.4) is 0 Å². The van der Waals surface area contributed by atoms with Crippen molar-refractivity contribution in [1.29, 1.82) is 0 Å². The molecule has 2 heterocycles. The highest BCUT2D eigenvalue weighted by atomic mass is 32.2. The third-order valence-electron chi connectivity index (χ3n) is 4.48. The van der Waals surface area contributed by atoms with E-state index in [9.17, 15) is 9.59 Å². The summed E-state index contributed by atoms with van der Waals surface area (Å²) in [5.41, 5.74) is 2.16. The van der Waals surface area contributed by atoms with E-state index in [0.29, 0.717) is 4.91 Å². The highest BCUT2D eigenvalue weighted by molar-refractivity contribution is 8.18. The molecule has 2 amide bonds. The Morgan fingerprint density at radius 3 is 2.42 bits per heavy atom. The second-order valence-corrected chi connectivity index (χ2v) is 7.16. The minimum Gasteiger partial charge on any atom is -0.372 e. The van der Waals surface area contributed by atoms with Crippen molar-refractivity contribution >= 4 is 34.7 Å². The molecule has 1 aromatic carbocycles. The topological polar surface area (TPSA) is 40.6 Å². The summed E-state index contributed by atoms with van der Waals surface area (Å²) in [5, 5.41) is -0.233. The molecule has 24 heavy (non-hydrogen) atoms. The molecule has 2 aliphatic rings. The summed E-state index contributed by atoms with van der Waals surface area (Å²) in [5.74, 6) is -0.238. The lowest BCUT2D eigenvalue weighted by Gasteiger charge is -2.28. The molecule has 5 heteroatoms. The Kier molecular flexibility index (Phi) is 5.09. The summed E-state index contributed by atoms with van der Waals surface area (Å²) in [6.45, 7) is 7.67. The monoisotopic (exact) mass is 342 g/mol. The second-order valence-electron chi connectivity index (χ2n) is 6.17. The molecule has 2 saturated heterocycles. The number of piperidine rings is 1. The molecule has 0 spiro atoms. The zero-order chi connectivity index (χ0) is 17.1. The van der Waals surface area contributed by atoms with Crippen LogP contribution in [0, 0.1) is 0 Å². The minimum atomic E-state index is -0.287. The number of hydrogen-bond acceptors (Lipinski definition) is 4. The van der Waals surface area contributed by atoms with Crippen LogP contribution in [0.25, 0.3) is 6.08 Å². The molecule has 126 valence electrons. The summed E-state index contributed by atoms with van der Waals surface area (Å²) in [6, 6.07) is 7.91. The fraction of sp³-hybridized carbons (Fsp3) is 0.368. The number of benzene rings is 1. The third-order valence-corrected chi connectivity index (χ3v) is 5.37. The number of carbonyl (C=O) groups is 2. The molecule has 0 unspecified atom stereocenters. The number of carbonyl (C=O) groups excluding carboxylic acids is 2. The Labute approximate surface area is 147 Å². The lowest BCUT2D eigenvalue weighted by Crippen LogP contribution is -2.35. The Balaban J connectivity index is 1.75. The van der Waals surface area contributed by atoms with E-state index in [1.54, 1.807) is 19.1 Å². The number of imide groups is 1. The molecule has 3 rings (SSSR count). The van der Waals surface area contributed by atoms with E-state index in [-0.39, 0.29) is 17.2 Å². The second kappa shape index (κ2) is 7.26. The number of anilines is 1. The molecule has 1 aromatic rings. The van der Waals surface area contributed by atoms with Gasteiger partial charge in [0.25, 0.3) is 11.1 Å². The molecule has 1 atom stereocenters. The summed E-state index contributed by atoms with van der Waals surface area (Å²) in [6.07, 6.45) is 7.20. The van der Waals surface area contributed by atoms with Crippen LogP contribution in [0.5, 0.6) is 0 Å². The van der Waals surface area contributed by atoms with Crippen molar-refractivity contribution in [2.45, 2.75) is 32.2 Å². The van der Waals surface area contributed by atoms with Gasteiger partial charge in [-0.2, -0.15) is 0 Å². The zero-order valence-electron chi connectivity index (χ0n) is 13.9. The van der Waals surface area contributed by atoms with E-state index in [4.69, 9.17) is 0 Å². The zero-order valence-corrected chi connectivity index (χ0v) is 14.7. The SMILES string of the molecule is C=C[C@H](C)N1C(=O)S/C(=C\c2ccc(N3CCCCC3)cc2)C1=O. The molecule has 0 aliphatic carbocycles. The summed E-state index contributed by atoms with van der Waals surface area (Å²) in [7, 11) is 0. The Hall–Kier alpha value is -2.01. The predicted octanol–water partition coefficient (Wildman–Crippen LogP) is 4.29. The van der Waals surface area contributed by atoms with Crippen LogP contribution in [0.4, 0.5) is 10.5 Å². The van der Waals surface area contributed by atoms with Gasteiger partial charge in [-0.25, -0.2) is 0 Å². The van der Waals surface area contributed by atoms with Crippen molar-refractivity contribution in [2.24, 2.45) is 0 Å². The molecular formula is C19H22N2O2S. The Bertz CT molecular complexity index is 675. The van der Waals surface area contributed by atoms with E-state index >= 15 is 0 Å². The lowest BCUT2D eigenvalue weighted by atomic mass is 10.1. The van der Waals surface area contributed by atoms with Gasteiger partial charge in [0.15, 0.2) is 0 Å². The number of thioether (sulfide) groups is 1. The molecular weight excluding hydrogens is 320 g/mol. The Morgan fingerprint density at radius 1 is 1.12 bits per heavy atom. The van der Waals surface area contributed by atoms with Gasteiger partial charge in [-0.05, 0) is 61.7 Å². The summed E-state index contributed by atoms with van der Waals surface area (Å²) in [4.78, 5) is 28.5. The average molecular weight is 342 g/mol. The molecule has 0 saturated carbocycles. The smallest absolute Gasteiger partial charge is 0.294 e. The van der Waals surface area contributed by atoms with Crippen LogP contribution in [0.15, 0.2) is 41.8 Å². The summed E-state index contributed by atoms with van der Waals surface area (Å²) >= 11 is 0.993. The number of rotatable bonds is 4. The normalized spacial score (nSPS) is 21.5. The quantitative estimate of drug-likeness (QED) is 0.605. The van der Waals surface area contributed by atoms with Crippen molar-refractivity contribution in [3.05, 3.63) is 47.4 Å². The largest absolute Gasteiger partial charge is 0.372 e. The third kappa shape index (κ3) is 3.41. The van der Waals surface area contributed by atoms with Crippen LogP contribution >= 0.6 is 11.8 Å². The maximum atomic E-state index is 12.4. The van der Waals surface area contributed by atoms with Crippen molar-refractivity contribution in [3.63, 3.8) is 0 Å². The lowest BCUT2D eigenvalue weighted by molar-refractivity contribution is -0.123. The highest BCUT2D eigenvalue weighted by Crippen LogP contribution is 2.34. The van der Waals surface area contributed by atoms with E-state index in [2.05, 4.69) is 23.6 Å². The van der Waals surface area contributed by atoms with Crippen molar-refractivity contribution in [3.8, 4) is 0 Å². The highest BCUT2D eigenvalue weighted by Gasteiger charge is 2.37. The number of hydrogen-bond donors (Lipinski definition) is 0. The predicted molar refractivity (Wildman–Crippen MR) is 100.0 cm³/mol. The first-order valence-electron chi connectivity index (χ1n) is 8.35. The minimum absolute atomic E-state index is 0.233. The van der Waals surface area contributed by atoms with Gasteiger partial charge in [0.1, 0.15) is 0 Å². The molecule has 0 aromatic heterocycles. The molecule has 2 aliphatic heterocycles. The van der Waals surface area contributed by atoms with Gasteiger partial charge in [0, 0.05) is 18.8 Å². The fourth-order valence-electron chi connectivity index (χ4n) is 3.02. The standard InChI is InChI=1S/C19H22N2O2S/c1-3-14(2)21-18(22)17(24-19(21)23)13-15-7-9-16(10-8-15)20-11-5-4-6-12-20/h3,7-10,13-14H,1,4-6,11-12H2,2H3/b17-13-/t14-/m0/s1. The number of nitrogens with zero attached hydrogens (tertiary/aromatic N) is 2. The van der Waals surface area contributed by atoms with E-state index in [0.717, 1.165) is 30.4 Å². The first-order valence-corrected chi connectivity index (χ1v) is 9.16. The van der Waals surface area contributed by atoms with Crippen LogP contribution in [-0.4, -0.2) is 35.2 Å². The van der Waals surface area contributed by atoms with Crippen molar-refractivity contribution in [1.82, 2.24) is 4.90 Å². The number of amides is 2. The first-order chi connectivity index (χ1) is 11.6. The summed E-state index contributed by atoms with van der Waals surface area (Å²) < 4.78 is 0. The van der Waals surface area contributed by atoms with Gasteiger partial charge in [-0.1, -0.05) is 18.2 Å². The van der Waals surface area contributed by atoms with Gasteiger partial charge < -0.3 is 4.90 Å². The van der Waals surface area contributed by atoms with E-state index in [1.165, 1.54) is 29.8 Å². The van der Waals surface area contributed by atoms with Gasteiger partial charge >= 0.3 is 0 Å². The maximum absolute atomic E-state index is 12.4. The molecule has 0 bridgehead atoms. The van der Waals surface area contributed by atoms with Crippen LogP contribution < -0.4 is 4.90 Å². The Morgan fingerprint density at radius 2 is 1.79 bits per heavy atom.